The Hall–Kier alpha value is -2.30. The van der Waals surface area contributed by atoms with Crippen LogP contribution in [0.2, 0.25) is 0 Å². The van der Waals surface area contributed by atoms with Crippen LogP contribution in [0.15, 0.2) is 34.9 Å². The zero-order chi connectivity index (χ0) is 17.8. The lowest BCUT2D eigenvalue weighted by molar-refractivity contribution is -0.131. The molecule has 1 saturated heterocycles. The van der Waals surface area contributed by atoms with Gasteiger partial charge in [0, 0.05) is 12.6 Å². The molecule has 1 fully saturated rings. The van der Waals surface area contributed by atoms with Gasteiger partial charge in [-0.1, -0.05) is 31.1 Å². The Morgan fingerprint density at radius 2 is 2.12 bits per heavy atom. The fourth-order valence-electron chi connectivity index (χ4n) is 3.24. The van der Waals surface area contributed by atoms with Gasteiger partial charge in [-0.05, 0) is 43.4 Å². The number of rotatable bonds is 6. The third-order valence-corrected chi connectivity index (χ3v) is 4.63. The summed E-state index contributed by atoms with van der Waals surface area (Å²) in [7, 11) is 0. The van der Waals surface area contributed by atoms with E-state index in [0.717, 1.165) is 42.2 Å². The van der Waals surface area contributed by atoms with Gasteiger partial charge in [0.1, 0.15) is 5.75 Å². The van der Waals surface area contributed by atoms with Crippen molar-refractivity contribution < 1.29 is 14.1 Å². The van der Waals surface area contributed by atoms with Crippen LogP contribution >= 0.6 is 0 Å². The van der Waals surface area contributed by atoms with Crippen molar-refractivity contribution in [2.24, 2.45) is 0 Å². The Labute approximate surface area is 148 Å². The van der Waals surface area contributed by atoms with Crippen LogP contribution in [-0.4, -0.2) is 29.1 Å². The van der Waals surface area contributed by atoms with Gasteiger partial charge in [0.2, 0.25) is 5.91 Å². The minimum Gasteiger partial charge on any atom is -0.494 e. The van der Waals surface area contributed by atoms with E-state index >= 15 is 0 Å². The molecule has 1 aromatic heterocycles. The number of benzene rings is 1. The number of carbonyl (C=O) groups excluding carboxylic acids is 1. The van der Waals surface area contributed by atoms with E-state index in [1.807, 2.05) is 42.2 Å². The minimum atomic E-state index is 0.00944. The third kappa shape index (κ3) is 4.03. The Kier molecular flexibility index (Phi) is 5.41. The summed E-state index contributed by atoms with van der Waals surface area (Å²) in [5, 5.41) is 4.14. The Morgan fingerprint density at radius 3 is 2.76 bits per heavy atom. The average molecular weight is 342 g/mol. The van der Waals surface area contributed by atoms with Crippen molar-refractivity contribution in [2.75, 3.05) is 13.2 Å². The Balaban J connectivity index is 1.67. The summed E-state index contributed by atoms with van der Waals surface area (Å²) >= 11 is 0. The van der Waals surface area contributed by atoms with E-state index in [9.17, 15) is 4.79 Å². The molecule has 2 heterocycles. The van der Waals surface area contributed by atoms with Gasteiger partial charge >= 0.3 is 0 Å². The molecular formula is C20H26N2O3. The van der Waals surface area contributed by atoms with Crippen molar-refractivity contribution in [1.29, 1.82) is 0 Å². The molecule has 25 heavy (non-hydrogen) atoms. The van der Waals surface area contributed by atoms with E-state index in [-0.39, 0.29) is 11.9 Å². The highest BCUT2D eigenvalue weighted by Gasteiger charge is 2.32. The van der Waals surface area contributed by atoms with Gasteiger partial charge in [-0.15, -0.1) is 0 Å². The lowest BCUT2D eigenvalue weighted by Crippen LogP contribution is -2.31. The number of amides is 1. The molecule has 0 saturated carbocycles. The maximum atomic E-state index is 12.8. The summed E-state index contributed by atoms with van der Waals surface area (Å²) in [4.78, 5) is 14.7. The van der Waals surface area contributed by atoms with Crippen LogP contribution in [0.3, 0.4) is 0 Å². The molecule has 1 aliphatic rings. The maximum absolute atomic E-state index is 12.8. The van der Waals surface area contributed by atoms with Gasteiger partial charge in [0.05, 0.1) is 24.8 Å². The molecule has 0 unspecified atom stereocenters. The van der Waals surface area contributed by atoms with E-state index in [1.165, 1.54) is 0 Å². The number of aromatic nitrogens is 1. The van der Waals surface area contributed by atoms with E-state index in [2.05, 4.69) is 19.0 Å². The zero-order valence-electron chi connectivity index (χ0n) is 15.2. The van der Waals surface area contributed by atoms with Crippen LogP contribution in [-0.2, 0) is 11.2 Å². The molecule has 0 bridgehead atoms. The predicted octanol–water partition coefficient (Wildman–Crippen LogP) is 4.10. The first-order chi connectivity index (χ1) is 12.1. The highest BCUT2D eigenvalue weighted by molar-refractivity contribution is 5.79. The number of likely N-dealkylation sites (tertiary alicyclic amines) is 1. The van der Waals surface area contributed by atoms with Crippen LogP contribution < -0.4 is 4.74 Å². The topological polar surface area (TPSA) is 55.6 Å². The highest BCUT2D eigenvalue weighted by Crippen LogP contribution is 2.33. The van der Waals surface area contributed by atoms with Crippen LogP contribution in [0, 0.1) is 0 Å². The summed E-state index contributed by atoms with van der Waals surface area (Å²) in [6.07, 6.45) is 2.33. The van der Waals surface area contributed by atoms with Crippen molar-refractivity contribution in [3.8, 4) is 5.75 Å². The second kappa shape index (κ2) is 7.72. The predicted molar refractivity (Wildman–Crippen MR) is 95.6 cm³/mol. The first-order valence-corrected chi connectivity index (χ1v) is 9.06. The Bertz CT molecular complexity index is 706. The highest BCUT2D eigenvalue weighted by atomic mass is 16.5. The number of ether oxygens (including phenoxy) is 1. The van der Waals surface area contributed by atoms with E-state index < -0.39 is 0 Å². The van der Waals surface area contributed by atoms with Crippen molar-refractivity contribution in [2.45, 2.75) is 52.0 Å². The molecule has 1 aliphatic heterocycles. The third-order valence-electron chi connectivity index (χ3n) is 4.63. The largest absolute Gasteiger partial charge is 0.494 e. The summed E-state index contributed by atoms with van der Waals surface area (Å²) in [5.74, 6) is 2.10. The zero-order valence-corrected chi connectivity index (χ0v) is 15.2. The first kappa shape index (κ1) is 17.5. The molecule has 2 aromatic rings. The monoisotopic (exact) mass is 342 g/mol. The first-order valence-electron chi connectivity index (χ1n) is 9.06. The fraction of sp³-hybridized carbons (Fsp3) is 0.500. The molecule has 3 rings (SSSR count). The second-order valence-corrected chi connectivity index (χ2v) is 6.81. The minimum absolute atomic E-state index is 0.00944. The smallest absolute Gasteiger partial charge is 0.227 e. The molecular weight excluding hydrogens is 316 g/mol. The van der Waals surface area contributed by atoms with E-state index in [0.29, 0.717) is 18.9 Å². The van der Waals surface area contributed by atoms with Crippen LogP contribution in [0.5, 0.6) is 5.75 Å². The average Bonchev–Trinajstić information content (AvgIpc) is 3.25. The molecule has 0 spiro atoms. The normalized spacial score (nSPS) is 17.3. The number of carbonyl (C=O) groups is 1. The molecule has 1 amide bonds. The molecule has 1 atom stereocenters. The molecule has 0 N–H and O–H groups in total. The lowest BCUT2D eigenvalue weighted by Gasteiger charge is -2.22. The number of hydrogen-bond acceptors (Lipinski definition) is 4. The lowest BCUT2D eigenvalue weighted by atomic mass is 10.1. The van der Waals surface area contributed by atoms with Crippen LogP contribution in [0.25, 0.3) is 0 Å². The molecule has 134 valence electrons. The molecule has 5 heteroatoms. The summed E-state index contributed by atoms with van der Waals surface area (Å²) in [6.45, 7) is 7.55. The number of nitrogens with zero attached hydrogens (tertiary/aromatic N) is 2. The van der Waals surface area contributed by atoms with Crippen molar-refractivity contribution in [1.82, 2.24) is 10.1 Å². The Morgan fingerprint density at radius 1 is 1.36 bits per heavy atom. The standard InChI is InChI=1S/C20H26N2O3/c1-4-24-16-9-7-15(8-10-16)12-20(23)22-11-5-6-18(22)19-13-17(14(2)3)21-25-19/h7-10,13-14,18H,4-6,11-12H2,1-3H3/t18-/m1/s1. The van der Waals surface area contributed by atoms with E-state index in [1.54, 1.807) is 0 Å². The second-order valence-electron chi connectivity index (χ2n) is 6.81. The van der Waals surface area contributed by atoms with Crippen molar-refractivity contribution in [3.05, 3.63) is 47.3 Å². The van der Waals surface area contributed by atoms with E-state index in [4.69, 9.17) is 9.26 Å². The summed E-state index contributed by atoms with van der Waals surface area (Å²) < 4.78 is 11.0. The van der Waals surface area contributed by atoms with Gasteiger partial charge in [-0.3, -0.25) is 4.79 Å². The maximum Gasteiger partial charge on any atom is 0.227 e. The van der Waals surface area contributed by atoms with Crippen LogP contribution in [0.4, 0.5) is 0 Å². The fourth-order valence-corrected chi connectivity index (χ4v) is 3.24. The van der Waals surface area contributed by atoms with Gasteiger partial charge in [-0.2, -0.15) is 0 Å². The quantitative estimate of drug-likeness (QED) is 0.793. The molecule has 1 aromatic carbocycles. The van der Waals surface area contributed by atoms with Crippen molar-refractivity contribution in [3.63, 3.8) is 0 Å². The summed E-state index contributed by atoms with van der Waals surface area (Å²) in [5.41, 5.74) is 1.94. The SMILES string of the molecule is CCOc1ccc(CC(=O)N2CCC[C@@H]2c2cc(C(C)C)no2)cc1. The van der Waals surface area contributed by atoms with Gasteiger partial charge in [0.15, 0.2) is 5.76 Å². The van der Waals surface area contributed by atoms with Gasteiger partial charge < -0.3 is 14.2 Å². The molecule has 5 nitrogen and oxygen atoms in total. The van der Waals surface area contributed by atoms with Gasteiger partial charge in [-0.25, -0.2) is 0 Å². The molecule has 0 radical (unpaired) electrons. The van der Waals surface area contributed by atoms with Crippen molar-refractivity contribution >= 4 is 5.91 Å². The molecule has 0 aliphatic carbocycles. The van der Waals surface area contributed by atoms with Gasteiger partial charge in [0.25, 0.3) is 0 Å². The number of hydrogen-bond donors (Lipinski definition) is 0. The summed E-state index contributed by atoms with van der Waals surface area (Å²) in [6, 6.07) is 9.75. The van der Waals surface area contributed by atoms with Crippen LogP contribution in [0.1, 0.15) is 62.6 Å².